The third-order valence-corrected chi connectivity index (χ3v) is 8.04. The van der Waals surface area contributed by atoms with Crippen LogP contribution in [-0.4, -0.2) is 70.9 Å². The van der Waals surface area contributed by atoms with Crippen molar-refractivity contribution in [3.63, 3.8) is 0 Å². The molecule has 1 unspecified atom stereocenters. The zero-order valence-corrected chi connectivity index (χ0v) is 22.7. The van der Waals surface area contributed by atoms with Crippen LogP contribution in [0.15, 0.2) is 36.7 Å². The van der Waals surface area contributed by atoms with Crippen molar-refractivity contribution in [1.29, 1.82) is 0 Å². The van der Waals surface area contributed by atoms with Gasteiger partial charge in [-0.25, -0.2) is 9.97 Å². The quantitative estimate of drug-likeness (QED) is 0.463. The van der Waals surface area contributed by atoms with Crippen molar-refractivity contribution in [2.75, 3.05) is 50.1 Å². The minimum atomic E-state index is -0.264. The number of aliphatic hydroxyl groups excluding tert-OH is 1. The van der Waals surface area contributed by atoms with Crippen LogP contribution in [0, 0.1) is 0 Å². The summed E-state index contributed by atoms with van der Waals surface area (Å²) in [6.07, 6.45) is 5.35. The molecule has 3 heterocycles. The Kier molecular flexibility index (Phi) is 7.25. The molecule has 0 saturated carbocycles. The van der Waals surface area contributed by atoms with E-state index < -0.39 is 0 Å². The summed E-state index contributed by atoms with van der Waals surface area (Å²) in [5.74, 6) is 1.12. The maximum Gasteiger partial charge on any atom is 0.227 e. The fourth-order valence-electron chi connectivity index (χ4n) is 5.28. The first kappa shape index (κ1) is 25.7. The van der Waals surface area contributed by atoms with Gasteiger partial charge in [0.05, 0.1) is 35.8 Å². The van der Waals surface area contributed by atoms with E-state index in [4.69, 9.17) is 21.3 Å². The van der Waals surface area contributed by atoms with Gasteiger partial charge in [-0.15, -0.1) is 0 Å². The molecule has 0 amide bonds. The monoisotopic (exact) mass is 522 g/mol. The Labute approximate surface area is 223 Å². The highest BCUT2D eigenvalue weighted by Gasteiger charge is 2.35. The van der Waals surface area contributed by atoms with Gasteiger partial charge >= 0.3 is 0 Å². The lowest BCUT2D eigenvalue weighted by molar-refractivity contribution is 0.206. The third kappa shape index (κ3) is 5.10. The number of hydrogen-bond acceptors (Lipinski definition) is 8. The molecule has 0 radical (unpaired) electrons. The lowest BCUT2D eigenvalue weighted by Crippen LogP contribution is -2.49. The summed E-state index contributed by atoms with van der Waals surface area (Å²) in [5.41, 5.74) is 5.21. The van der Waals surface area contributed by atoms with Gasteiger partial charge in [-0.3, -0.25) is 9.88 Å². The standard InChI is InChI=1S/C28H35ClN6O2/c1-18(2)34-9-11-35(12-10-34)25-15-26(37-4)24(14-21(25)29)33-27-30-8-6-22(32-27)19-13-20-23(31-16-19)5-7-28(20,3)17-36/h6,8,13-16,18,36H,5,7,9-12,17H2,1-4H3,(H,30,32,33). The molecule has 2 aliphatic rings. The molecule has 0 spiro atoms. The van der Waals surface area contributed by atoms with E-state index in [1.165, 1.54) is 0 Å². The van der Waals surface area contributed by atoms with Crippen molar-refractivity contribution in [3.8, 4) is 17.0 Å². The summed E-state index contributed by atoms with van der Waals surface area (Å²) in [7, 11) is 1.65. The van der Waals surface area contributed by atoms with Gasteiger partial charge in [0.1, 0.15) is 5.75 Å². The Morgan fingerprint density at radius 2 is 1.95 bits per heavy atom. The number of nitrogens with zero attached hydrogens (tertiary/aromatic N) is 5. The van der Waals surface area contributed by atoms with Crippen molar-refractivity contribution >= 4 is 28.9 Å². The molecule has 8 nitrogen and oxygen atoms in total. The molecule has 0 bridgehead atoms. The van der Waals surface area contributed by atoms with E-state index in [9.17, 15) is 5.11 Å². The minimum absolute atomic E-state index is 0.103. The molecule has 3 aromatic rings. The molecular formula is C28H35ClN6O2. The zero-order valence-electron chi connectivity index (χ0n) is 22.0. The van der Waals surface area contributed by atoms with Crippen LogP contribution in [-0.2, 0) is 11.8 Å². The topological polar surface area (TPSA) is 86.6 Å². The smallest absolute Gasteiger partial charge is 0.227 e. The molecule has 1 saturated heterocycles. The van der Waals surface area contributed by atoms with Crippen LogP contribution in [0.3, 0.4) is 0 Å². The molecule has 9 heteroatoms. The first-order valence-electron chi connectivity index (χ1n) is 12.9. The first-order valence-corrected chi connectivity index (χ1v) is 13.3. The summed E-state index contributed by atoms with van der Waals surface area (Å²) in [6, 6.07) is 8.37. The van der Waals surface area contributed by atoms with Crippen LogP contribution in [0.4, 0.5) is 17.3 Å². The number of aryl methyl sites for hydroxylation is 1. The van der Waals surface area contributed by atoms with E-state index in [2.05, 4.69) is 51.9 Å². The number of ether oxygens (including phenoxy) is 1. The van der Waals surface area contributed by atoms with Crippen LogP contribution in [0.25, 0.3) is 11.3 Å². The summed E-state index contributed by atoms with van der Waals surface area (Å²) >= 11 is 6.76. The largest absolute Gasteiger partial charge is 0.494 e. The predicted molar refractivity (Wildman–Crippen MR) is 148 cm³/mol. The molecule has 1 aliphatic carbocycles. The molecule has 1 aromatic carbocycles. The van der Waals surface area contributed by atoms with Crippen LogP contribution >= 0.6 is 11.6 Å². The molecule has 1 aliphatic heterocycles. The SMILES string of the molecule is COc1cc(N2CCN(C(C)C)CC2)c(Cl)cc1Nc1nccc(-c2cnc3c(c2)C(C)(CO)CC3)n1. The normalized spacial score (nSPS) is 19.8. The number of aromatic nitrogens is 3. The molecule has 196 valence electrons. The number of piperazine rings is 1. The molecular weight excluding hydrogens is 488 g/mol. The van der Waals surface area contributed by atoms with Gasteiger partial charge in [0.2, 0.25) is 5.95 Å². The molecule has 2 N–H and O–H groups in total. The Bertz CT molecular complexity index is 1280. The summed E-state index contributed by atoms with van der Waals surface area (Å²) in [4.78, 5) is 18.6. The van der Waals surface area contributed by atoms with Gasteiger partial charge in [0, 0.05) is 67.4 Å². The van der Waals surface area contributed by atoms with Crippen molar-refractivity contribution in [2.45, 2.75) is 45.1 Å². The van der Waals surface area contributed by atoms with Crippen LogP contribution in [0.2, 0.25) is 5.02 Å². The fraction of sp³-hybridized carbons (Fsp3) is 0.464. The zero-order chi connectivity index (χ0) is 26.2. The lowest BCUT2D eigenvalue weighted by Gasteiger charge is -2.38. The average molecular weight is 523 g/mol. The Morgan fingerprint density at radius 3 is 2.65 bits per heavy atom. The van der Waals surface area contributed by atoms with Gasteiger partial charge in [0.15, 0.2) is 0 Å². The number of aliphatic hydroxyl groups is 1. The van der Waals surface area contributed by atoms with Crippen molar-refractivity contribution in [3.05, 3.63) is 52.9 Å². The van der Waals surface area contributed by atoms with Gasteiger partial charge in [-0.1, -0.05) is 18.5 Å². The predicted octanol–water partition coefficient (Wildman–Crippen LogP) is 4.67. The van der Waals surface area contributed by atoms with E-state index in [1.807, 2.05) is 24.4 Å². The van der Waals surface area contributed by atoms with E-state index in [0.29, 0.717) is 28.4 Å². The molecule has 1 atom stereocenters. The summed E-state index contributed by atoms with van der Waals surface area (Å²) < 4.78 is 5.72. The second kappa shape index (κ2) is 10.4. The van der Waals surface area contributed by atoms with Crippen molar-refractivity contribution < 1.29 is 9.84 Å². The van der Waals surface area contributed by atoms with E-state index in [0.717, 1.165) is 67.2 Å². The number of methoxy groups -OCH3 is 1. The van der Waals surface area contributed by atoms with Crippen LogP contribution in [0.1, 0.15) is 38.4 Å². The number of anilines is 3. The molecule has 2 aromatic heterocycles. The van der Waals surface area contributed by atoms with Crippen LogP contribution in [0.5, 0.6) is 5.75 Å². The number of pyridine rings is 1. The number of benzene rings is 1. The number of nitrogens with one attached hydrogen (secondary N) is 1. The van der Waals surface area contributed by atoms with E-state index in [1.54, 1.807) is 13.3 Å². The maximum atomic E-state index is 9.96. The van der Waals surface area contributed by atoms with E-state index >= 15 is 0 Å². The Morgan fingerprint density at radius 1 is 1.16 bits per heavy atom. The van der Waals surface area contributed by atoms with Gasteiger partial charge in [-0.2, -0.15) is 0 Å². The molecule has 37 heavy (non-hydrogen) atoms. The lowest BCUT2D eigenvalue weighted by atomic mass is 9.85. The van der Waals surface area contributed by atoms with Crippen molar-refractivity contribution in [1.82, 2.24) is 19.9 Å². The minimum Gasteiger partial charge on any atom is -0.494 e. The van der Waals surface area contributed by atoms with E-state index in [-0.39, 0.29) is 12.0 Å². The highest BCUT2D eigenvalue weighted by molar-refractivity contribution is 6.33. The first-order chi connectivity index (χ1) is 17.8. The average Bonchev–Trinajstić information content (AvgIpc) is 3.25. The Balaban J connectivity index is 1.38. The number of hydrogen-bond donors (Lipinski definition) is 2. The molecule has 5 rings (SSSR count). The maximum absolute atomic E-state index is 9.96. The highest BCUT2D eigenvalue weighted by atomic mass is 35.5. The summed E-state index contributed by atoms with van der Waals surface area (Å²) in [5, 5.41) is 13.9. The number of rotatable bonds is 7. The molecule has 1 fully saturated rings. The Hall–Kier alpha value is -2.94. The van der Waals surface area contributed by atoms with Gasteiger partial charge in [-0.05, 0) is 50.5 Å². The van der Waals surface area contributed by atoms with Gasteiger partial charge in [0.25, 0.3) is 0 Å². The number of halogens is 1. The fourth-order valence-corrected chi connectivity index (χ4v) is 5.56. The number of fused-ring (bicyclic) bond motifs is 1. The van der Waals surface area contributed by atoms with Gasteiger partial charge < -0.3 is 20.1 Å². The van der Waals surface area contributed by atoms with Crippen LogP contribution < -0.4 is 15.0 Å². The second-order valence-electron chi connectivity index (χ2n) is 10.4. The summed E-state index contributed by atoms with van der Waals surface area (Å²) in [6.45, 7) is 10.5. The highest BCUT2D eigenvalue weighted by Crippen LogP contribution is 2.40. The van der Waals surface area contributed by atoms with Crippen molar-refractivity contribution in [2.24, 2.45) is 0 Å². The third-order valence-electron chi connectivity index (χ3n) is 7.74. The second-order valence-corrected chi connectivity index (χ2v) is 10.9.